The molecule has 1 aromatic carbocycles. The van der Waals surface area contributed by atoms with Crippen molar-refractivity contribution in [3.63, 3.8) is 0 Å². The molecular formula is C17H19BrN2O. The quantitative estimate of drug-likeness (QED) is 0.759. The molecule has 3 nitrogen and oxygen atoms in total. The molecule has 1 heterocycles. The number of carbonyl (C=O) groups excluding carboxylic acids is 1. The summed E-state index contributed by atoms with van der Waals surface area (Å²) in [5, 5.41) is 4.61. The summed E-state index contributed by atoms with van der Waals surface area (Å²) in [5.74, 6) is 0.116. The normalized spacial score (nSPS) is 16.0. The Morgan fingerprint density at radius 1 is 1.24 bits per heavy atom. The predicted molar refractivity (Wildman–Crippen MR) is 86.5 cm³/mol. The van der Waals surface area contributed by atoms with Gasteiger partial charge in [-0.2, -0.15) is 5.10 Å². The molecule has 0 radical (unpaired) electrons. The standard InChI is InChI=1S/C17H19BrN2O/c18-14-6-4-5-13(11-14)17(21)12-15-9-10-20(19-15)16-7-2-1-3-8-16/h4-6,9-11,16H,1-3,7-8,12H2. The van der Waals surface area contributed by atoms with E-state index in [9.17, 15) is 4.79 Å². The highest BCUT2D eigenvalue weighted by Crippen LogP contribution is 2.27. The van der Waals surface area contributed by atoms with Gasteiger partial charge in [-0.1, -0.05) is 47.3 Å². The minimum atomic E-state index is 0.116. The van der Waals surface area contributed by atoms with Crippen LogP contribution in [0.3, 0.4) is 0 Å². The van der Waals surface area contributed by atoms with Crippen molar-refractivity contribution in [2.75, 3.05) is 0 Å². The molecule has 0 N–H and O–H groups in total. The maximum atomic E-state index is 12.3. The van der Waals surface area contributed by atoms with Gasteiger partial charge in [-0.25, -0.2) is 0 Å². The number of aromatic nitrogens is 2. The fraction of sp³-hybridized carbons (Fsp3) is 0.412. The van der Waals surface area contributed by atoms with Crippen LogP contribution >= 0.6 is 15.9 Å². The highest BCUT2D eigenvalue weighted by Gasteiger charge is 2.17. The van der Waals surface area contributed by atoms with Crippen LogP contribution in [0.4, 0.5) is 0 Å². The van der Waals surface area contributed by atoms with E-state index in [1.54, 1.807) is 0 Å². The number of benzene rings is 1. The molecule has 1 fully saturated rings. The van der Waals surface area contributed by atoms with E-state index >= 15 is 0 Å². The van der Waals surface area contributed by atoms with Gasteiger partial charge in [-0.05, 0) is 31.0 Å². The van der Waals surface area contributed by atoms with Crippen molar-refractivity contribution in [3.8, 4) is 0 Å². The van der Waals surface area contributed by atoms with E-state index in [-0.39, 0.29) is 5.78 Å². The topological polar surface area (TPSA) is 34.9 Å². The van der Waals surface area contributed by atoms with Crippen molar-refractivity contribution >= 4 is 21.7 Å². The molecule has 1 aromatic heterocycles. The molecule has 21 heavy (non-hydrogen) atoms. The molecule has 110 valence electrons. The van der Waals surface area contributed by atoms with Gasteiger partial charge in [-0.15, -0.1) is 0 Å². The van der Waals surface area contributed by atoms with Gasteiger partial charge in [0.25, 0.3) is 0 Å². The van der Waals surface area contributed by atoms with Gasteiger partial charge in [0, 0.05) is 16.2 Å². The summed E-state index contributed by atoms with van der Waals surface area (Å²) < 4.78 is 2.99. The van der Waals surface area contributed by atoms with Crippen molar-refractivity contribution in [2.45, 2.75) is 44.6 Å². The first-order valence-electron chi connectivity index (χ1n) is 7.55. The van der Waals surface area contributed by atoms with Crippen LogP contribution in [-0.4, -0.2) is 15.6 Å². The maximum Gasteiger partial charge on any atom is 0.168 e. The fourth-order valence-corrected chi connectivity index (χ4v) is 3.35. The molecular weight excluding hydrogens is 328 g/mol. The van der Waals surface area contributed by atoms with Crippen LogP contribution in [0.2, 0.25) is 0 Å². The first kappa shape index (κ1) is 14.5. The Hall–Kier alpha value is -1.42. The Kier molecular flexibility index (Phi) is 4.54. The zero-order chi connectivity index (χ0) is 14.7. The molecule has 0 unspecified atom stereocenters. The lowest BCUT2D eigenvalue weighted by molar-refractivity contribution is 0.0991. The molecule has 2 aromatic rings. The minimum Gasteiger partial charge on any atom is -0.294 e. The summed E-state index contributed by atoms with van der Waals surface area (Å²) >= 11 is 3.40. The molecule has 0 atom stereocenters. The van der Waals surface area contributed by atoms with E-state index in [1.165, 1.54) is 32.1 Å². The van der Waals surface area contributed by atoms with Crippen LogP contribution < -0.4 is 0 Å². The highest BCUT2D eigenvalue weighted by molar-refractivity contribution is 9.10. The number of nitrogens with zero attached hydrogens (tertiary/aromatic N) is 2. The van der Waals surface area contributed by atoms with Gasteiger partial charge in [0.15, 0.2) is 5.78 Å². The van der Waals surface area contributed by atoms with Crippen LogP contribution in [0, 0.1) is 0 Å². The molecule has 4 heteroatoms. The van der Waals surface area contributed by atoms with Gasteiger partial charge >= 0.3 is 0 Å². The molecule has 0 aliphatic heterocycles. The molecule has 0 amide bonds. The second-order valence-electron chi connectivity index (χ2n) is 5.69. The van der Waals surface area contributed by atoms with Crippen LogP contribution in [-0.2, 0) is 6.42 Å². The third kappa shape index (κ3) is 3.62. The third-order valence-corrected chi connectivity index (χ3v) is 4.59. The average molecular weight is 347 g/mol. The second-order valence-corrected chi connectivity index (χ2v) is 6.60. The van der Waals surface area contributed by atoms with Crippen molar-refractivity contribution < 1.29 is 4.79 Å². The van der Waals surface area contributed by atoms with Gasteiger partial charge < -0.3 is 0 Å². The van der Waals surface area contributed by atoms with Gasteiger partial charge in [0.2, 0.25) is 0 Å². The first-order chi connectivity index (χ1) is 10.2. The predicted octanol–water partition coefficient (Wildman–Crippen LogP) is 4.58. The van der Waals surface area contributed by atoms with Crippen molar-refractivity contribution in [3.05, 3.63) is 52.3 Å². The molecule has 0 spiro atoms. The number of hydrogen-bond acceptors (Lipinski definition) is 2. The SMILES string of the molecule is O=C(Cc1ccn(C2CCCCC2)n1)c1cccc(Br)c1. The molecule has 0 saturated heterocycles. The van der Waals surface area contributed by atoms with E-state index < -0.39 is 0 Å². The Bertz CT molecular complexity index is 629. The van der Waals surface area contributed by atoms with Gasteiger partial charge in [-0.3, -0.25) is 9.48 Å². The third-order valence-electron chi connectivity index (χ3n) is 4.10. The Labute approximate surface area is 133 Å². The van der Waals surface area contributed by atoms with Crippen LogP contribution in [0.1, 0.15) is 54.2 Å². The van der Waals surface area contributed by atoms with Crippen molar-refractivity contribution in [1.82, 2.24) is 9.78 Å². The Morgan fingerprint density at radius 3 is 2.81 bits per heavy atom. The molecule has 1 saturated carbocycles. The monoisotopic (exact) mass is 346 g/mol. The Balaban J connectivity index is 1.68. The summed E-state index contributed by atoms with van der Waals surface area (Å²) in [6.45, 7) is 0. The second kappa shape index (κ2) is 6.56. The number of rotatable bonds is 4. The van der Waals surface area contributed by atoms with Crippen molar-refractivity contribution in [2.24, 2.45) is 0 Å². The summed E-state index contributed by atoms with van der Waals surface area (Å²) in [4.78, 5) is 12.3. The zero-order valence-electron chi connectivity index (χ0n) is 12.0. The number of ketones is 1. The van der Waals surface area contributed by atoms with Gasteiger partial charge in [0.05, 0.1) is 18.2 Å². The molecule has 1 aliphatic rings. The first-order valence-corrected chi connectivity index (χ1v) is 8.34. The summed E-state index contributed by atoms with van der Waals surface area (Å²) in [7, 11) is 0. The minimum absolute atomic E-state index is 0.116. The molecule has 0 bridgehead atoms. The zero-order valence-corrected chi connectivity index (χ0v) is 13.6. The fourth-order valence-electron chi connectivity index (χ4n) is 2.95. The lowest BCUT2D eigenvalue weighted by Gasteiger charge is -2.21. The maximum absolute atomic E-state index is 12.3. The van der Waals surface area contributed by atoms with E-state index in [2.05, 4.69) is 25.7 Å². The summed E-state index contributed by atoms with van der Waals surface area (Å²) in [6.07, 6.45) is 8.73. The van der Waals surface area contributed by atoms with Crippen LogP contribution in [0.5, 0.6) is 0 Å². The van der Waals surface area contributed by atoms with Gasteiger partial charge in [0.1, 0.15) is 0 Å². The lowest BCUT2D eigenvalue weighted by atomic mass is 9.96. The average Bonchev–Trinajstić information content (AvgIpc) is 2.97. The number of halogens is 1. The Morgan fingerprint density at radius 2 is 2.05 bits per heavy atom. The number of carbonyl (C=O) groups is 1. The van der Waals surface area contributed by atoms with Crippen molar-refractivity contribution in [1.29, 1.82) is 0 Å². The summed E-state index contributed by atoms with van der Waals surface area (Å²) in [5.41, 5.74) is 1.60. The highest BCUT2D eigenvalue weighted by atomic mass is 79.9. The van der Waals surface area contributed by atoms with Crippen LogP contribution in [0.25, 0.3) is 0 Å². The van der Waals surface area contributed by atoms with E-state index in [1.807, 2.05) is 36.5 Å². The molecule has 3 rings (SSSR count). The van der Waals surface area contributed by atoms with E-state index in [0.717, 1.165) is 15.7 Å². The van der Waals surface area contributed by atoms with E-state index in [0.29, 0.717) is 12.5 Å². The summed E-state index contributed by atoms with van der Waals surface area (Å²) in [6, 6.07) is 10.0. The number of hydrogen-bond donors (Lipinski definition) is 0. The van der Waals surface area contributed by atoms with E-state index in [4.69, 9.17) is 0 Å². The van der Waals surface area contributed by atoms with Crippen LogP contribution in [0.15, 0.2) is 41.0 Å². The number of Topliss-reactive ketones (excluding diaryl/α,β-unsaturated/α-hetero) is 1. The lowest BCUT2D eigenvalue weighted by Crippen LogP contribution is -2.14. The smallest absolute Gasteiger partial charge is 0.168 e. The molecule has 1 aliphatic carbocycles. The largest absolute Gasteiger partial charge is 0.294 e.